The predicted octanol–water partition coefficient (Wildman–Crippen LogP) is 0.331. The summed E-state index contributed by atoms with van der Waals surface area (Å²) in [6, 6.07) is 15.3. The molecule has 0 bridgehead atoms. The maximum atomic E-state index is 5.43. The van der Waals surface area contributed by atoms with Crippen LogP contribution in [0.4, 0.5) is 5.69 Å². The summed E-state index contributed by atoms with van der Waals surface area (Å²) < 4.78 is 13.7. The minimum absolute atomic E-state index is 0. The van der Waals surface area contributed by atoms with Crippen molar-refractivity contribution in [3.05, 3.63) is 63.3 Å². The molecular weight excluding hydrogens is 605 g/mol. The number of ether oxygens (including phenoxy) is 1. The van der Waals surface area contributed by atoms with Crippen molar-refractivity contribution in [2.75, 3.05) is 18.6 Å². The van der Waals surface area contributed by atoms with Gasteiger partial charge < -0.3 is 24.0 Å². The quantitative estimate of drug-likeness (QED) is 0.230. The molecule has 0 saturated carbocycles. The van der Waals surface area contributed by atoms with Gasteiger partial charge in [-0.1, -0.05) is 0 Å². The number of rotatable bonds is 5. The molecule has 0 radical (unpaired) electrons. The summed E-state index contributed by atoms with van der Waals surface area (Å²) in [4.78, 5) is 2.44. The van der Waals surface area contributed by atoms with E-state index in [4.69, 9.17) is 4.74 Å². The first-order valence-electron chi connectivity index (χ1n) is 9.59. The molecule has 0 saturated heterocycles. The third-order valence-electron chi connectivity index (χ3n) is 4.91. The van der Waals surface area contributed by atoms with Crippen molar-refractivity contribution in [1.82, 2.24) is 0 Å². The van der Waals surface area contributed by atoms with Crippen LogP contribution < -0.4 is 42.6 Å². The Morgan fingerprint density at radius 1 is 1.17 bits per heavy atom. The maximum absolute atomic E-state index is 5.43. The standard InChI is InChI=1S/C23H25N2OSe2.HI/c1-5-24-18-9-7-8-10-20(18)27-22(24)13-16(3)14-23-25(6-2)19-15-17(26-4)11-12-21(19)28-23;/h7-15H,5-6H2,1-4H3;1H/q+1;/p-1. The number of fused-ring (bicyclic) bond motifs is 2. The topological polar surface area (TPSA) is 16.4 Å². The number of aryl methyl sites for hydroxylation is 1. The second kappa shape index (κ2) is 9.84. The Bertz CT molecular complexity index is 1090. The fourth-order valence-electron chi connectivity index (χ4n) is 3.56. The zero-order valence-electron chi connectivity index (χ0n) is 17.1. The molecule has 0 spiro atoms. The van der Waals surface area contributed by atoms with Gasteiger partial charge in [0.05, 0.1) is 0 Å². The zero-order valence-corrected chi connectivity index (χ0v) is 22.7. The van der Waals surface area contributed by atoms with Gasteiger partial charge in [-0.15, -0.1) is 0 Å². The average molecular weight is 630 g/mol. The molecule has 2 aromatic carbocycles. The Morgan fingerprint density at radius 2 is 1.97 bits per heavy atom. The first-order chi connectivity index (χ1) is 13.6. The van der Waals surface area contributed by atoms with Crippen molar-refractivity contribution in [2.24, 2.45) is 0 Å². The van der Waals surface area contributed by atoms with Crippen LogP contribution in [0.3, 0.4) is 0 Å². The fourth-order valence-corrected chi connectivity index (χ4v) is 8.71. The number of hydrogen-bond acceptors (Lipinski definition) is 2. The Hall–Kier alpha value is -1.04. The Morgan fingerprint density at radius 3 is 2.69 bits per heavy atom. The van der Waals surface area contributed by atoms with Crippen LogP contribution in [0, 0.1) is 0 Å². The van der Waals surface area contributed by atoms with E-state index < -0.39 is 0 Å². The predicted molar refractivity (Wildman–Crippen MR) is 120 cm³/mol. The third-order valence-corrected chi connectivity index (χ3v) is 9.58. The molecule has 0 aliphatic carbocycles. The summed E-state index contributed by atoms with van der Waals surface area (Å²) in [5.74, 6) is 0.932. The minimum Gasteiger partial charge on any atom is -1.00 e. The van der Waals surface area contributed by atoms with Gasteiger partial charge in [-0.2, -0.15) is 0 Å². The monoisotopic (exact) mass is 632 g/mol. The first kappa shape index (κ1) is 22.6. The molecule has 6 heteroatoms. The molecule has 0 atom stereocenters. The van der Waals surface area contributed by atoms with Gasteiger partial charge >= 0.3 is 180 Å². The molecule has 0 fully saturated rings. The summed E-state index contributed by atoms with van der Waals surface area (Å²) in [7, 11) is 1.74. The number of methoxy groups -OCH3 is 1. The van der Waals surface area contributed by atoms with E-state index in [0.29, 0.717) is 29.5 Å². The van der Waals surface area contributed by atoms with Gasteiger partial charge in [0, 0.05) is 0 Å². The van der Waals surface area contributed by atoms with Gasteiger partial charge in [0.25, 0.3) is 0 Å². The minimum atomic E-state index is 0. The number of aromatic nitrogens is 1. The zero-order chi connectivity index (χ0) is 19.7. The molecule has 1 aliphatic rings. The van der Waals surface area contributed by atoms with Gasteiger partial charge in [0.15, 0.2) is 0 Å². The number of allylic oxidation sites excluding steroid dienone is 2. The Kier molecular flexibility index (Phi) is 7.69. The van der Waals surface area contributed by atoms with E-state index >= 15 is 0 Å². The van der Waals surface area contributed by atoms with Crippen molar-refractivity contribution in [1.29, 1.82) is 0 Å². The van der Waals surface area contributed by atoms with E-state index in [1.54, 1.807) is 7.11 Å². The largest absolute Gasteiger partial charge is 1.00 e. The van der Waals surface area contributed by atoms with Crippen molar-refractivity contribution in [3.63, 3.8) is 0 Å². The van der Waals surface area contributed by atoms with Crippen LogP contribution in [0.15, 0.2) is 58.7 Å². The van der Waals surface area contributed by atoms with Crippen molar-refractivity contribution < 1.29 is 33.3 Å². The summed E-state index contributed by atoms with van der Waals surface area (Å²) >= 11 is 0.722. The third kappa shape index (κ3) is 4.52. The summed E-state index contributed by atoms with van der Waals surface area (Å²) in [6.07, 6.45) is 4.78. The van der Waals surface area contributed by atoms with Crippen LogP contribution >= 0.6 is 0 Å². The molecule has 3 aromatic rings. The Balaban J connectivity index is 0.00000240. The molecule has 1 aliphatic heterocycles. The number of hydrogen-bond donors (Lipinski definition) is 0. The SMILES string of the molecule is CCN1/C(=C/C(C)=C/c2[se]c3ccccc3[n+]2CC)[Se]c2ccc(OC)cc21.[I-]. The van der Waals surface area contributed by atoms with E-state index in [9.17, 15) is 0 Å². The second-order valence-electron chi connectivity index (χ2n) is 6.70. The average Bonchev–Trinajstić information content (AvgIpc) is 3.23. The number of para-hydroxylation sites is 1. The molecule has 0 unspecified atom stereocenters. The van der Waals surface area contributed by atoms with Crippen molar-refractivity contribution >= 4 is 55.5 Å². The smallest absolute Gasteiger partial charge is 1.00 e. The number of benzene rings is 2. The van der Waals surface area contributed by atoms with Crippen LogP contribution in [0.2, 0.25) is 0 Å². The normalized spacial score (nSPS) is 15.0. The molecule has 2 heterocycles. The molecule has 29 heavy (non-hydrogen) atoms. The van der Waals surface area contributed by atoms with E-state index in [1.807, 2.05) is 0 Å². The van der Waals surface area contributed by atoms with Crippen LogP contribution in [0.5, 0.6) is 5.75 Å². The van der Waals surface area contributed by atoms with Crippen LogP contribution in [-0.4, -0.2) is 43.1 Å². The number of halogens is 1. The number of nitrogens with zero attached hydrogens (tertiary/aromatic N) is 2. The molecule has 152 valence electrons. The molecular formula is C23H25IN2OSe2. The fraction of sp³-hybridized carbons (Fsp3) is 0.261. The van der Waals surface area contributed by atoms with E-state index in [0.717, 1.165) is 18.8 Å². The molecule has 1 aromatic heterocycles. The van der Waals surface area contributed by atoms with Gasteiger partial charge in [-0.05, 0) is 0 Å². The number of anilines is 1. The van der Waals surface area contributed by atoms with Gasteiger partial charge in [-0.3, -0.25) is 0 Å². The summed E-state index contributed by atoms with van der Waals surface area (Å²) in [5.41, 5.74) is 4.02. The van der Waals surface area contributed by atoms with Gasteiger partial charge in [0.1, 0.15) is 0 Å². The molecule has 3 nitrogen and oxygen atoms in total. The maximum Gasteiger partial charge on any atom is -1.00 e. The molecule has 4 rings (SSSR count). The van der Waals surface area contributed by atoms with Crippen LogP contribution in [-0.2, 0) is 6.54 Å². The summed E-state index contributed by atoms with van der Waals surface area (Å²) in [5, 5.41) is 0. The van der Waals surface area contributed by atoms with Crippen molar-refractivity contribution in [3.8, 4) is 5.75 Å². The molecule has 0 amide bonds. The molecule has 0 N–H and O–H groups in total. The summed E-state index contributed by atoms with van der Waals surface area (Å²) in [6.45, 7) is 8.70. The van der Waals surface area contributed by atoms with Gasteiger partial charge in [-0.25, -0.2) is 0 Å². The van der Waals surface area contributed by atoms with Gasteiger partial charge in [0.2, 0.25) is 0 Å². The van der Waals surface area contributed by atoms with Crippen LogP contribution in [0.1, 0.15) is 25.3 Å². The van der Waals surface area contributed by atoms with Crippen molar-refractivity contribution in [2.45, 2.75) is 27.3 Å². The van der Waals surface area contributed by atoms with E-state index in [-0.39, 0.29) is 24.0 Å². The van der Waals surface area contributed by atoms with Crippen LogP contribution in [0.25, 0.3) is 15.9 Å². The Labute approximate surface area is 202 Å². The first-order valence-corrected chi connectivity index (χ1v) is 13.0. The van der Waals surface area contributed by atoms with E-state index in [1.165, 1.54) is 34.7 Å². The van der Waals surface area contributed by atoms with E-state index in [2.05, 4.69) is 84.9 Å². The second-order valence-corrected chi connectivity index (χ2v) is 11.2.